The fourth-order valence-corrected chi connectivity index (χ4v) is 2.57. The van der Waals surface area contributed by atoms with Crippen molar-refractivity contribution in [2.24, 2.45) is 5.73 Å². The molecule has 2 aromatic rings. The Kier molecular flexibility index (Phi) is 5.12. The maximum Gasteiger partial charge on any atom is 0.253 e. The highest BCUT2D eigenvalue weighted by Crippen LogP contribution is 2.26. The molecule has 0 spiro atoms. The van der Waals surface area contributed by atoms with Crippen LogP contribution in [-0.4, -0.2) is 12.2 Å². The summed E-state index contributed by atoms with van der Waals surface area (Å²) in [5.74, 6) is -0.604. The zero-order valence-electron chi connectivity index (χ0n) is 12.4. The van der Waals surface area contributed by atoms with Crippen LogP contribution in [0.25, 0.3) is 0 Å². The van der Waals surface area contributed by atoms with Crippen molar-refractivity contribution in [3.8, 4) is 0 Å². The minimum atomic E-state index is -0.648. The van der Waals surface area contributed by atoms with E-state index in [4.69, 9.17) is 17.3 Å². The number of carbonyl (C=O) groups excluding carboxylic acids is 1. The molecule has 0 saturated heterocycles. The quantitative estimate of drug-likeness (QED) is 0.544. The Hall–Kier alpha value is -2.25. The fourth-order valence-electron chi connectivity index (χ4n) is 1.83. The van der Waals surface area contributed by atoms with E-state index in [1.165, 1.54) is 11.8 Å². The van der Waals surface area contributed by atoms with E-state index in [1.807, 2.05) is 0 Å². The molecule has 0 atom stereocenters. The lowest BCUT2D eigenvalue weighted by molar-refractivity contribution is -0.114. The minimum absolute atomic E-state index is 0.106. The van der Waals surface area contributed by atoms with Crippen molar-refractivity contribution >= 4 is 46.3 Å². The van der Waals surface area contributed by atoms with E-state index < -0.39 is 16.8 Å². The first-order valence-corrected chi connectivity index (χ1v) is 8.13. The molecule has 0 heterocycles. The van der Waals surface area contributed by atoms with Crippen molar-refractivity contribution in [3.05, 3.63) is 60.3 Å². The van der Waals surface area contributed by atoms with Crippen molar-refractivity contribution in [2.45, 2.75) is 6.92 Å². The second kappa shape index (κ2) is 6.89. The molecule has 120 valence electrons. The van der Waals surface area contributed by atoms with E-state index in [2.05, 4.69) is 10.6 Å². The Morgan fingerprint density at radius 2 is 1.70 bits per heavy atom. The number of hydrogen-bond donors (Lipinski definition) is 3. The van der Waals surface area contributed by atoms with E-state index in [1.54, 1.807) is 37.4 Å². The molecule has 0 unspecified atom stereocenters. The van der Waals surface area contributed by atoms with Crippen molar-refractivity contribution in [1.82, 2.24) is 0 Å². The predicted molar refractivity (Wildman–Crippen MR) is 95.1 cm³/mol. The summed E-state index contributed by atoms with van der Waals surface area (Å²) in [7, 11) is 0. The van der Waals surface area contributed by atoms with Crippen LogP contribution in [0.4, 0.5) is 17.1 Å². The molecule has 4 N–H and O–H groups in total. The van der Waals surface area contributed by atoms with Gasteiger partial charge >= 0.3 is 0 Å². The van der Waals surface area contributed by atoms with Crippen molar-refractivity contribution in [2.75, 3.05) is 16.9 Å². The summed E-state index contributed by atoms with van der Waals surface area (Å²) < 4.78 is 0. The van der Waals surface area contributed by atoms with Gasteiger partial charge in [0.1, 0.15) is 11.4 Å². The minimum Gasteiger partial charge on any atom is -0.366 e. The number of thioether (sulfide) groups is 1. The molecule has 0 aliphatic rings. The average molecular weight is 352 g/mol. The molecule has 0 fully saturated rings. The van der Waals surface area contributed by atoms with Crippen LogP contribution in [-0.2, 0) is 4.79 Å². The van der Waals surface area contributed by atoms with Crippen LogP contribution in [0.15, 0.2) is 44.5 Å². The van der Waals surface area contributed by atoms with Crippen molar-refractivity contribution in [1.29, 1.82) is 0 Å². The number of anilines is 3. The lowest BCUT2D eigenvalue weighted by Crippen LogP contribution is -2.36. The first-order valence-electron chi connectivity index (χ1n) is 6.52. The molecule has 0 bridgehead atoms. The Morgan fingerprint density at radius 3 is 2.22 bits per heavy atom. The topological polar surface area (TPSA) is 101 Å². The van der Waals surface area contributed by atoms with Gasteiger partial charge in [0, 0.05) is 16.3 Å². The zero-order valence-corrected chi connectivity index (χ0v) is 14.0. The normalized spacial score (nSPS) is 12.0. The van der Waals surface area contributed by atoms with Crippen molar-refractivity contribution < 1.29 is 4.79 Å². The molecular weight excluding hydrogens is 338 g/mol. The predicted octanol–water partition coefficient (Wildman–Crippen LogP) is 2.17. The number of nitrogens with two attached hydrogens (primary N) is 1. The molecule has 0 aliphatic carbocycles. The third-order valence-corrected chi connectivity index (χ3v) is 4.25. The number of benzene rings is 1. The molecular formula is C15H14ClN3O3S. The summed E-state index contributed by atoms with van der Waals surface area (Å²) in [6.07, 6.45) is 1.73. The van der Waals surface area contributed by atoms with Gasteiger partial charge in [-0.3, -0.25) is 14.4 Å². The Labute approximate surface area is 141 Å². The van der Waals surface area contributed by atoms with Gasteiger partial charge in [0.2, 0.25) is 5.91 Å². The van der Waals surface area contributed by atoms with Gasteiger partial charge in [-0.05, 0) is 37.4 Å². The van der Waals surface area contributed by atoms with Gasteiger partial charge in [-0.2, -0.15) is 0 Å². The third-order valence-electron chi connectivity index (χ3n) is 3.18. The zero-order chi connectivity index (χ0) is 17.1. The fraction of sp³-hybridized carbons (Fsp3) is 0.133. The number of carbonyl (C=O) groups is 1. The molecule has 8 heteroatoms. The molecule has 2 aromatic carbocycles. The standard InChI is InChI=1S/C15H14ClN3O3S/c1-7(14(17)22)15(23-2)19-11-10(12(20)13(11)21)18-9-5-3-8(16)4-6-9/h3-6,18-19H,1-2H3,(H2,17,22)/b15-7+. The molecule has 6 nitrogen and oxygen atoms in total. The summed E-state index contributed by atoms with van der Waals surface area (Å²) in [5, 5.41) is 6.66. The van der Waals surface area contributed by atoms with Crippen LogP contribution in [0.1, 0.15) is 6.92 Å². The molecule has 0 saturated carbocycles. The Morgan fingerprint density at radius 1 is 1.13 bits per heavy atom. The number of hydrogen-bond acceptors (Lipinski definition) is 6. The lowest BCUT2D eigenvalue weighted by atomic mass is 10.1. The average Bonchev–Trinajstić information content (AvgIpc) is 2.54. The van der Waals surface area contributed by atoms with Gasteiger partial charge in [-0.15, -0.1) is 11.8 Å². The van der Waals surface area contributed by atoms with Gasteiger partial charge in [-0.1, -0.05) is 11.6 Å². The molecule has 2 rings (SSSR count). The van der Waals surface area contributed by atoms with Crippen LogP contribution in [0.2, 0.25) is 5.02 Å². The summed E-state index contributed by atoms with van der Waals surface area (Å²) in [4.78, 5) is 34.8. The highest BCUT2D eigenvalue weighted by molar-refractivity contribution is 8.02. The van der Waals surface area contributed by atoms with E-state index in [0.717, 1.165) is 0 Å². The number of rotatable bonds is 6. The van der Waals surface area contributed by atoms with E-state index in [9.17, 15) is 14.4 Å². The van der Waals surface area contributed by atoms with E-state index in [0.29, 0.717) is 15.7 Å². The summed E-state index contributed by atoms with van der Waals surface area (Å²) in [6, 6.07) is 6.69. The Balaban J connectivity index is 2.32. The summed E-state index contributed by atoms with van der Waals surface area (Å²) in [5.41, 5.74) is 5.11. The SMILES string of the molecule is CS/C(Nc1c(Nc2ccc(Cl)cc2)c(=O)c1=O)=C(\C)C(N)=O. The monoisotopic (exact) mass is 351 g/mol. The highest BCUT2D eigenvalue weighted by Gasteiger charge is 2.22. The molecule has 0 radical (unpaired) electrons. The smallest absolute Gasteiger partial charge is 0.253 e. The van der Waals surface area contributed by atoms with Crippen LogP contribution >= 0.6 is 23.4 Å². The van der Waals surface area contributed by atoms with Crippen LogP contribution in [0.3, 0.4) is 0 Å². The molecule has 0 aliphatic heterocycles. The van der Waals surface area contributed by atoms with Crippen LogP contribution < -0.4 is 27.2 Å². The first kappa shape index (κ1) is 17.1. The van der Waals surface area contributed by atoms with Gasteiger partial charge < -0.3 is 16.4 Å². The summed E-state index contributed by atoms with van der Waals surface area (Å²) in [6.45, 7) is 1.54. The second-order valence-electron chi connectivity index (χ2n) is 4.69. The van der Waals surface area contributed by atoms with Gasteiger partial charge in [0.05, 0.1) is 5.03 Å². The van der Waals surface area contributed by atoms with E-state index >= 15 is 0 Å². The maximum atomic E-state index is 11.8. The second-order valence-corrected chi connectivity index (χ2v) is 5.94. The summed E-state index contributed by atoms with van der Waals surface area (Å²) >= 11 is 7.03. The molecule has 0 aromatic heterocycles. The van der Waals surface area contributed by atoms with Crippen LogP contribution in [0, 0.1) is 0 Å². The van der Waals surface area contributed by atoms with Gasteiger partial charge in [0.15, 0.2) is 0 Å². The van der Waals surface area contributed by atoms with Crippen molar-refractivity contribution in [3.63, 3.8) is 0 Å². The first-order chi connectivity index (χ1) is 10.8. The number of nitrogens with one attached hydrogen (secondary N) is 2. The largest absolute Gasteiger partial charge is 0.366 e. The lowest BCUT2D eigenvalue weighted by Gasteiger charge is -2.17. The maximum absolute atomic E-state index is 11.8. The third kappa shape index (κ3) is 3.57. The number of halogens is 1. The van der Waals surface area contributed by atoms with Gasteiger partial charge in [0.25, 0.3) is 10.9 Å². The number of primary amides is 1. The molecule has 23 heavy (non-hydrogen) atoms. The van der Waals surface area contributed by atoms with Crippen LogP contribution in [0.5, 0.6) is 0 Å². The van der Waals surface area contributed by atoms with Gasteiger partial charge in [-0.25, -0.2) is 0 Å². The highest BCUT2D eigenvalue weighted by atomic mass is 35.5. The molecule has 1 amide bonds. The number of amides is 1. The Bertz CT molecular complexity index is 852. The van der Waals surface area contributed by atoms with E-state index in [-0.39, 0.29) is 16.9 Å².